The van der Waals surface area contributed by atoms with E-state index in [1.807, 2.05) is 27.7 Å². The van der Waals surface area contributed by atoms with Gasteiger partial charge in [0.25, 0.3) is 0 Å². The van der Waals surface area contributed by atoms with E-state index in [4.69, 9.17) is 9.47 Å². The smallest absolute Gasteiger partial charge is 0.307 e. The lowest BCUT2D eigenvalue weighted by molar-refractivity contribution is -0.163. The van der Waals surface area contributed by atoms with Crippen molar-refractivity contribution in [3.05, 3.63) is 0 Å². The Morgan fingerprint density at radius 1 is 0.733 bits per heavy atom. The number of hydrogen-bond donors (Lipinski definition) is 2. The Hall–Kier alpha value is -0.440. The van der Waals surface area contributed by atoms with Crippen molar-refractivity contribution in [3.8, 4) is 0 Å². The molecule has 6 nitrogen and oxygen atoms in total. The maximum Gasteiger partial charge on any atom is 0.307 e. The monoisotopic (exact) mass is 460 g/mol. The molecule has 2 saturated heterocycles. The molecular weight excluding hydrogens is 420 g/mol. The van der Waals surface area contributed by atoms with Crippen LogP contribution in [0.4, 0.5) is 0 Å². The zero-order chi connectivity index (χ0) is 22.0. The number of esters is 2. The van der Waals surface area contributed by atoms with E-state index in [2.05, 4.69) is 10.6 Å². The summed E-state index contributed by atoms with van der Waals surface area (Å²) in [5.74, 6) is 1.97. The minimum Gasteiger partial charge on any atom is -0.459 e. The molecule has 0 aromatic rings. The minimum absolute atomic E-state index is 0.130. The first-order valence-electron chi connectivity index (χ1n) is 11.3. The number of ether oxygens (including phenoxy) is 2. The predicted molar refractivity (Wildman–Crippen MR) is 126 cm³/mol. The summed E-state index contributed by atoms with van der Waals surface area (Å²) in [5.41, 5.74) is -0.802. The third kappa shape index (κ3) is 8.97. The molecule has 2 N–H and O–H groups in total. The van der Waals surface area contributed by atoms with Crippen molar-refractivity contribution in [1.29, 1.82) is 0 Å². The Kier molecular flexibility index (Phi) is 10.8. The summed E-state index contributed by atoms with van der Waals surface area (Å²) in [6.07, 6.45) is 5.01. The Morgan fingerprint density at radius 3 is 1.40 bits per heavy atom. The van der Waals surface area contributed by atoms with Crippen molar-refractivity contribution in [2.24, 2.45) is 11.8 Å². The quantitative estimate of drug-likeness (QED) is 0.274. The summed E-state index contributed by atoms with van der Waals surface area (Å²) in [6.45, 7) is 12.1. The topological polar surface area (TPSA) is 76.7 Å². The third-order valence-corrected chi connectivity index (χ3v) is 8.67. The molecule has 2 aliphatic heterocycles. The standard InChI is InChI=1S/C22H40N2O4S2/c1-21(2,17-5-11-23-12-6-17)27-19(25)9-15-29-30-16-10-20(26)28-22(3,4)18-7-13-24-14-8-18/h17-18,23-24H,5-16H2,1-4H3. The zero-order valence-electron chi connectivity index (χ0n) is 19.1. The Bertz CT molecular complexity index is 497. The van der Waals surface area contributed by atoms with Crippen LogP contribution in [0.25, 0.3) is 0 Å². The van der Waals surface area contributed by atoms with Crippen molar-refractivity contribution in [1.82, 2.24) is 10.6 Å². The molecule has 2 rings (SSSR count). The fourth-order valence-corrected chi connectivity index (χ4v) is 6.20. The van der Waals surface area contributed by atoms with Crippen LogP contribution in [0.15, 0.2) is 0 Å². The predicted octanol–water partition coefficient (Wildman–Crippen LogP) is 3.79. The van der Waals surface area contributed by atoms with E-state index >= 15 is 0 Å². The van der Waals surface area contributed by atoms with Gasteiger partial charge in [-0.15, -0.1) is 0 Å². The Morgan fingerprint density at radius 2 is 1.07 bits per heavy atom. The average molecular weight is 461 g/mol. The summed E-state index contributed by atoms with van der Waals surface area (Å²) in [6, 6.07) is 0. The van der Waals surface area contributed by atoms with Gasteiger partial charge in [-0.25, -0.2) is 0 Å². The van der Waals surface area contributed by atoms with Gasteiger partial charge in [0.2, 0.25) is 0 Å². The van der Waals surface area contributed by atoms with Crippen LogP contribution >= 0.6 is 21.6 Å². The van der Waals surface area contributed by atoms with Gasteiger partial charge in [-0.2, -0.15) is 0 Å². The molecule has 0 bridgehead atoms. The molecule has 8 heteroatoms. The minimum atomic E-state index is -0.401. The van der Waals surface area contributed by atoms with Gasteiger partial charge in [-0.1, -0.05) is 21.6 Å². The molecule has 0 unspecified atom stereocenters. The normalized spacial score (nSPS) is 19.5. The van der Waals surface area contributed by atoms with Gasteiger partial charge in [-0.3, -0.25) is 9.59 Å². The molecule has 30 heavy (non-hydrogen) atoms. The number of piperidine rings is 2. The molecule has 0 aromatic carbocycles. The van der Waals surface area contributed by atoms with Gasteiger partial charge in [0.1, 0.15) is 11.2 Å². The van der Waals surface area contributed by atoms with E-state index < -0.39 is 11.2 Å². The second-order valence-electron chi connectivity index (χ2n) is 9.35. The van der Waals surface area contributed by atoms with E-state index in [-0.39, 0.29) is 11.9 Å². The summed E-state index contributed by atoms with van der Waals surface area (Å²) < 4.78 is 11.5. The first-order chi connectivity index (χ1) is 14.2. The molecule has 0 radical (unpaired) electrons. The van der Waals surface area contributed by atoms with Crippen LogP contribution in [0.2, 0.25) is 0 Å². The van der Waals surface area contributed by atoms with Gasteiger partial charge in [0.15, 0.2) is 0 Å². The molecule has 2 heterocycles. The average Bonchev–Trinajstić information content (AvgIpc) is 2.71. The van der Waals surface area contributed by atoms with E-state index in [9.17, 15) is 9.59 Å². The third-order valence-electron chi connectivity index (χ3n) is 6.26. The lowest BCUT2D eigenvalue weighted by Gasteiger charge is -2.36. The molecule has 0 atom stereocenters. The largest absolute Gasteiger partial charge is 0.459 e. The molecule has 174 valence electrons. The Balaban J connectivity index is 1.54. The number of nitrogens with one attached hydrogen (secondary N) is 2. The van der Waals surface area contributed by atoms with E-state index in [0.717, 1.165) is 51.9 Å². The van der Waals surface area contributed by atoms with Crippen molar-refractivity contribution in [2.45, 2.75) is 77.4 Å². The molecule has 2 aliphatic rings. The van der Waals surface area contributed by atoms with Crippen LogP contribution in [0.5, 0.6) is 0 Å². The second kappa shape index (κ2) is 12.6. The first kappa shape index (κ1) is 25.8. The fourth-order valence-electron chi connectivity index (χ4n) is 4.26. The summed E-state index contributed by atoms with van der Waals surface area (Å²) in [5, 5.41) is 6.70. The molecular formula is C22H40N2O4S2. The summed E-state index contributed by atoms with van der Waals surface area (Å²) in [7, 11) is 3.24. The van der Waals surface area contributed by atoms with Gasteiger partial charge in [0, 0.05) is 23.3 Å². The van der Waals surface area contributed by atoms with Crippen molar-refractivity contribution >= 4 is 33.5 Å². The highest BCUT2D eigenvalue weighted by Gasteiger charge is 2.35. The van der Waals surface area contributed by atoms with Gasteiger partial charge < -0.3 is 20.1 Å². The number of carbonyl (C=O) groups is 2. The van der Waals surface area contributed by atoms with Crippen LogP contribution < -0.4 is 10.6 Å². The van der Waals surface area contributed by atoms with Crippen molar-refractivity contribution in [3.63, 3.8) is 0 Å². The van der Waals surface area contributed by atoms with Crippen LogP contribution in [0, 0.1) is 11.8 Å². The van der Waals surface area contributed by atoms with Gasteiger partial charge in [-0.05, 0) is 79.6 Å². The van der Waals surface area contributed by atoms with Gasteiger partial charge >= 0.3 is 11.9 Å². The number of carbonyl (C=O) groups excluding carboxylic acids is 2. The molecule has 0 saturated carbocycles. The van der Waals surface area contributed by atoms with Crippen LogP contribution in [0.3, 0.4) is 0 Å². The number of rotatable bonds is 11. The lowest BCUT2D eigenvalue weighted by Crippen LogP contribution is -2.42. The molecule has 0 aliphatic carbocycles. The maximum absolute atomic E-state index is 12.2. The molecule has 2 fully saturated rings. The second-order valence-corrected chi connectivity index (χ2v) is 12.0. The highest BCUT2D eigenvalue weighted by Crippen LogP contribution is 2.31. The molecule has 0 amide bonds. The van der Waals surface area contributed by atoms with Crippen LogP contribution in [-0.2, 0) is 19.1 Å². The lowest BCUT2D eigenvalue weighted by atomic mass is 9.83. The van der Waals surface area contributed by atoms with Crippen LogP contribution in [-0.4, -0.2) is 60.8 Å². The summed E-state index contributed by atoms with van der Waals surface area (Å²) >= 11 is 0. The Labute approximate surface area is 190 Å². The van der Waals surface area contributed by atoms with Crippen LogP contribution in [0.1, 0.15) is 66.2 Å². The SMILES string of the molecule is CC(C)(OC(=O)CCSSCCC(=O)OC(C)(C)C1CCNCC1)C1CCNCC1. The van der Waals surface area contributed by atoms with Crippen molar-refractivity contribution in [2.75, 3.05) is 37.7 Å². The number of hydrogen-bond acceptors (Lipinski definition) is 8. The van der Waals surface area contributed by atoms with Crippen molar-refractivity contribution < 1.29 is 19.1 Å². The van der Waals surface area contributed by atoms with E-state index in [0.29, 0.717) is 36.2 Å². The fraction of sp³-hybridized carbons (Fsp3) is 0.909. The molecule has 0 spiro atoms. The van der Waals surface area contributed by atoms with Gasteiger partial charge in [0.05, 0.1) is 12.8 Å². The first-order valence-corrected chi connectivity index (χ1v) is 13.8. The van der Waals surface area contributed by atoms with E-state index in [1.165, 1.54) is 0 Å². The maximum atomic E-state index is 12.2. The van der Waals surface area contributed by atoms with E-state index in [1.54, 1.807) is 21.6 Å². The zero-order valence-corrected chi connectivity index (χ0v) is 20.7. The summed E-state index contributed by atoms with van der Waals surface area (Å²) in [4.78, 5) is 24.4. The molecule has 0 aromatic heterocycles. The highest BCUT2D eigenvalue weighted by molar-refractivity contribution is 8.76. The highest BCUT2D eigenvalue weighted by atomic mass is 33.1.